The number of likely N-dealkylation sites (tertiary alicyclic amines) is 1. The van der Waals surface area contributed by atoms with Crippen LogP contribution >= 0.6 is 0 Å². The van der Waals surface area contributed by atoms with E-state index in [0.29, 0.717) is 47.9 Å². The van der Waals surface area contributed by atoms with Gasteiger partial charge in [-0.05, 0) is 55.0 Å². The molecule has 32 heavy (non-hydrogen) atoms. The van der Waals surface area contributed by atoms with Crippen molar-refractivity contribution in [1.29, 1.82) is 0 Å². The lowest BCUT2D eigenvalue weighted by Gasteiger charge is -2.17. The molecule has 1 aliphatic carbocycles. The molecule has 1 N–H and O–H groups in total. The number of nitrogens with zero attached hydrogens (tertiary/aromatic N) is 1. The number of carbonyl (C=O) groups is 3. The summed E-state index contributed by atoms with van der Waals surface area (Å²) in [5.41, 5.74) is 1.62. The monoisotopic (exact) mass is 434 g/mol. The maximum absolute atomic E-state index is 14.5. The number of hydrogen-bond donors (Lipinski definition) is 1. The Morgan fingerprint density at radius 3 is 2.69 bits per heavy atom. The van der Waals surface area contributed by atoms with Gasteiger partial charge in [0.1, 0.15) is 11.6 Å². The molecule has 1 saturated carbocycles. The summed E-state index contributed by atoms with van der Waals surface area (Å²) in [5.74, 6) is -0.840. The Bertz CT molecular complexity index is 1140. The van der Waals surface area contributed by atoms with E-state index < -0.39 is 17.7 Å². The highest BCUT2D eigenvalue weighted by Crippen LogP contribution is 2.32. The van der Waals surface area contributed by atoms with Gasteiger partial charge in [0.25, 0.3) is 5.91 Å². The predicted octanol–water partition coefficient (Wildman–Crippen LogP) is 3.48. The highest BCUT2D eigenvalue weighted by atomic mass is 19.1. The highest BCUT2D eigenvalue weighted by molar-refractivity contribution is 6.06. The van der Waals surface area contributed by atoms with Crippen LogP contribution in [0.5, 0.6) is 0 Å². The van der Waals surface area contributed by atoms with Gasteiger partial charge in [0.15, 0.2) is 0 Å². The van der Waals surface area contributed by atoms with Crippen molar-refractivity contribution in [2.45, 2.75) is 19.3 Å². The molecule has 2 amide bonds. The zero-order valence-corrected chi connectivity index (χ0v) is 17.5. The fraction of sp³-hybridized carbons (Fsp3) is 0.320. The van der Waals surface area contributed by atoms with E-state index in [1.54, 1.807) is 30.3 Å². The second kappa shape index (κ2) is 8.22. The first-order chi connectivity index (χ1) is 15.5. The van der Waals surface area contributed by atoms with Gasteiger partial charge < -0.3 is 15.0 Å². The molecule has 1 atom stereocenters. The lowest BCUT2D eigenvalue weighted by molar-refractivity contribution is -0.124. The van der Waals surface area contributed by atoms with Crippen LogP contribution in [0.2, 0.25) is 0 Å². The number of hydrogen-bond acceptors (Lipinski definition) is 4. The average molecular weight is 434 g/mol. The van der Waals surface area contributed by atoms with Crippen LogP contribution < -0.4 is 5.32 Å². The van der Waals surface area contributed by atoms with Crippen LogP contribution in [0.25, 0.3) is 11.8 Å². The molecule has 2 aromatic carbocycles. The third-order valence-electron chi connectivity index (χ3n) is 6.24. The van der Waals surface area contributed by atoms with Crippen LogP contribution in [-0.4, -0.2) is 42.3 Å². The zero-order valence-electron chi connectivity index (χ0n) is 17.5. The quantitative estimate of drug-likeness (QED) is 0.731. The van der Waals surface area contributed by atoms with Crippen molar-refractivity contribution < 1.29 is 23.5 Å². The Hall–Kier alpha value is -3.48. The highest BCUT2D eigenvalue weighted by Gasteiger charge is 2.33. The molecule has 0 radical (unpaired) electrons. The lowest BCUT2D eigenvalue weighted by atomic mass is 10.0. The smallest absolute Gasteiger partial charge is 0.344 e. The Morgan fingerprint density at radius 1 is 1.12 bits per heavy atom. The van der Waals surface area contributed by atoms with E-state index in [0.717, 1.165) is 12.8 Å². The van der Waals surface area contributed by atoms with Gasteiger partial charge in [-0.3, -0.25) is 9.59 Å². The van der Waals surface area contributed by atoms with Crippen LogP contribution in [0, 0.1) is 17.7 Å². The molecule has 0 aromatic heterocycles. The predicted molar refractivity (Wildman–Crippen MR) is 116 cm³/mol. The maximum Gasteiger partial charge on any atom is 0.344 e. The maximum atomic E-state index is 14.5. The van der Waals surface area contributed by atoms with Gasteiger partial charge in [-0.25, -0.2) is 9.18 Å². The van der Waals surface area contributed by atoms with Gasteiger partial charge in [0.2, 0.25) is 5.91 Å². The third kappa shape index (κ3) is 4.02. The van der Waals surface area contributed by atoms with Crippen molar-refractivity contribution >= 4 is 29.6 Å². The number of cyclic esters (lactones) is 1. The molecule has 2 heterocycles. The first-order valence-corrected chi connectivity index (χ1v) is 10.9. The number of amides is 2. The lowest BCUT2D eigenvalue weighted by Crippen LogP contribution is -2.35. The number of ether oxygens (including phenoxy) is 1. The average Bonchev–Trinajstić information content (AvgIpc) is 3.40. The first kappa shape index (κ1) is 20.4. The minimum atomic E-state index is -0.623. The molecule has 0 unspecified atom stereocenters. The van der Waals surface area contributed by atoms with E-state index in [2.05, 4.69) is 5.32 Å². The second-order valence-corrected chi connectivity index (χ2v) is 8.61. The van der Waals surface area contributed by atoms with Crippen molar-refractivity contribution in [3.8, 4) is 0 Å². The van der Waals surface area contributed by atoms with E-state index in [-0.39, 0.29) is 23.9 Å². The van der Waals surface area contributed by atoms with Gasteiger partial charge >= 0.3 is 5.97 Å². The SMILES string of the molecule is O=C1OC(=Cc2ccc(F)c(C(=O)N3CC[C@@H](C(=O)NCC4CC4)C3)c2)c2ccccc21. The molecular weight excluding hydrogens is 411 g/mol. The van der Waals surface area contributed by atoms with Crippen molar-refractivity contribution in [1.82, 2.24) is 10.2 Å². The summed E-state index contributed by atoms with van der Waals surface area (Å²) < 4.78 is 19.9. The Kier molecular flexibility index (Phi) is 5.25. The number of halogens is 1. The molecule has 3 aliphatic rings. The molecule has 7 heteroatoms. The molecule has 1 saturated heterocycles. The number of rotatable bonds is 5. The largest absolute Gasteiger partial charge is 0.422 e. The van der Waals surface area contributed by atoms with Gasteiger partial charge in [-0.1, -0.05) is 24.3 Å². The molecule has 0 bridgehead atoms. The van der Waals surface area contributed by atoms with Crippen molar-refractivity contribution in [2.75, 3.05) is 19.6 Å². The summed E-state index contributed by atoms with van der Waals surface area (Å²) in [4.78, 5) is 38.9. The molecule has 0 spiro atoms. The van der Waals surface area contributed by atoms with Crippen LogP contribution in [-0.2, 0) is 9.53 Å². The summed E-state index contributed by atoms with van der Waals surface area (Å²) in [5, 5.41) is 2.96. The molecule has 2 aliphatic heterocycles. The summed E-state index contributed by atoms with van der Waals surface area (Å²) in [6.45, 7) is 1.39. The number of fused-ring (bicyclic) bond motifs is 1. The molecule has 5 rings (SSSR count). The van der Waals surface area contributed by atoms with E-state index in [9.17, 15) is 18.8 Å². The minimum absolute atomic E-state index is 0.0344. The molecule has 2 aromatic rings. The molecular formula is C25H23FN2O4. The number of benzene rings is 2. The van der Waals surface area contributed by atoms with Crippen molar-refractivity contribution in [3.63, 3.8) is 0 Å². The van der Waals surface area contributed by atoms with E-state index in [4.69, 9.17) is 4.74 Å². The van der Waals surface area contributed by atoms with Gasteiger partial charge in [-0.15, -0.1) is 0 Å². The minimum Gasteiger partial charge on any atom is -0.422 e. The Labute approximate surface area is 185 Å². The standard InChI is InChI=1S/C25H23FN2O4/c26-21-8-7-16(12-22-18-3-1-2-4-19(18)25(31)32-22)11-20(21)24(30)28-10-9-17(14-28)23(29)27-13-15-5-6-15/h1-4,7-8,11-12,15,17H,5-6,9-10,13-14H2,(H,27,29)/t17-/m1/s1. The topological polar surface area (TPSA) is 75.7 Å². The molecule has 164 valence electrons. The number of nitrogens with one attached hydrogen (secondary N) is 1. The number of esters is 1. The van der Waals surface area contributed by atoms with E-state index in [1.165, 1.54) is 23.1 Å². The zero-order chi connectivity index (χ0) is 22.2. The van der Waals surface area contributed by atoms with Crippen molar-refractivity contribution in [2.24, 2.45) is 11.8 Å². The molecule has 6 nitrogen and oxygen atoms in total. The van der Waals surface area contributed by atoms with Crippen molar-refractivity contribution in [3.05, 3.63) is 70.5 Å². The molecule has 2 fully saturated rings. The first-order valence-electron chi connectivity index (χ1n) is 10.9. The second-order valence-electron chi connectivity index (χ2n) is 8.61. The van der Waals surface area contributed by atoms with Crippen LogP contribution in [0.15, 0.2) is 42.5 Å². The van der Waals surface area contributed by atoms with E-state index >= 15 is 0 Å². The Morgan fingerprint density at radius 2 is 1.91 bits per heavy atom. The van der Waals surface area contributed by atoms with Gasteiger partial charge in [0, 0.05) is 25.2 Å². The summed E-state index contributed by atoms with van der Waals surface area (Å²) in [6.07, 6.45) is 4.51. The van der Waals surface area contributed by atoms with Gasteiger partial charge in [-0.2, -0.15) is 0 Å². The normalized spacial score (nSPS) is 20.9. The summed E-state index contributed by atoms with van der Waals surface area (Å²) >= 11 is 0. The fourth-order valence-corrected chi connectivity index (χ4v) is 4.18. The Balaban J connectivity index is 1.31. The third-order valence-corrected chi connectivity index (χ3v) is 6.24. The fourth-order valence-electron chi connectivity index (χ4n) is 4.18. The van der Waals surface area contributed by atoms with Crippen LogP contribution in [0.3, 0.4) is 0 Å². The summed E-state index contributed by atoms with van der Waals surface area (Å²) in [6, 6.07) is 11.2. The number of carbonyl (C=O) groups excluding carboxylic acids is 3. The van der Waals surface area contributed by atoms with Gasteiger partial charge in [0.05, 0.1) is 17.0 Å². The van der Waals surface area contributed by atoms with Crippen LogP contribution in [0.4, 0.5) is 4.39 Å². The van der Waals surface area contributed by atoms with E-state index in [1.807, 2.05) is 0 Å². The summed E-state index contributed by atoms with van der Waals surface area (Å²) in [7, 11) is 0. The van der Waals surface area contributed by atoms with Crippen LogP contribution in [0.1, 0.15) is 51.1 Å².